The molecule has 0 aliphatic heterocycles. The van der Waals surface area contributed by atoms with Crippen LogP contribution in [0.25, 0.3) is 5.69 Å². The van der Waals surface area contributed by atoms with Gasteiger partial charge in [-0.05, 0) is 18.2 Å². The molecule has 0 radical (unpaired) electrons. The third kappa shape index (κ3) is 2.78. The van der Waals surface area contributed by atoms with E-state index in [4.69, 9.17) is 0 Å². The van der Waals surface area contributed by atoms with Gasteiger partial charge in [0.1, 0.15) is 18.5 Å². The molecule has 0 aliphatic carbocycles. The zero-order chi connectivity index (χ0) is 14.7. The Balaban J connectivity index is 1.78. The molecule has 2 N–H and O–H groups in total. The van der Waals surface area contributed by atoms with E-state index in [2.05, 4.69) is 30.7 Å². The highest BCUT2D eigenvalue weighted by molar-refractivity contribution is 6.01. The van der Waals surface area contributed by atoms with E-state index in [0.717, 1.165) is 5.69 Å². The molecule has 0 saturated carbocycles. The van der Waals surface area contributed by atoms with Crippen LogP contribution in [0.5, 0.6) is 0 Å². The number of aryl methyl sites for hydroxylation is 1. The Bertz CT molecular complexity index is 747. The zero-order valence-electron chi connectivity index (χ0n) is 11.3. The fourth-order valence-corrected chi connectivity index (χ4v) is 1.82. The third-order valence-corrected chi connectivity index (χ3v) is 2.89. The van der Waals surface area contributed by atoms with Crippen LogP contribution in [0.1, 0.15) is 23.4 Å². The summed E-state index contributed by atoms with van der Waals surface area (Å²) in [4.78, 5) is 16.1. The maximum Gasteiger partial charge on any atom is 0.295 e. The lowest BCUT2D eigenvalue weighted by molar-refractivity contribution is 0.101. The minimum atomic E-state index is -0.355. The molecule has 21 heavy (non-hydrogen) atoms. The molecule has 1 aromatic carbocycles. The standard InChI is InChI=1S/C13H13N7O/c1-2-11-17-12(19-18-11)13(21)16-9-4-3-5-10(6-9)20-7-14-15-8-20/h3-8H,2H2,1H3,(H,16,21)(H,17,18,19). The second kappa shape index (κ2) is 5.53. The average molecular weight is 283 g/mol. The zero-order valence-corrected chi connectivity index (χ0v) is 11.3. The van der Waals surface area contributed by atoms with Crippen molar-refractivity contribution in [2.24, 2.45) is 0 Å². The van der Waals surface area contributed by atoms with Crippen LogP contribution in [0.4, 0.5) is 5.69 Å². The minimum Gasteiger partial charge on any atom is -0.319 e. The van der Waals surface area contributed by atoms with Gasteiger partial charge in [0.2, 0.25) is 5.82 Å². The summed E-state index contributed by atoms with van der Waals surface area (Å²) in [5.74, 6) is 0.451. The molecule has 2 aromatic heterocycles. The molecule has 8 nitrogen and oxygen atoms in total. The van der Waals surface area contributed by atoms with Gasteiger partial charge in [0.15, 0.2) is 0 Å². The molecule has 2 heterocycles. The maximum atomic E-state index is 12.1. The van der Waals surface area contributed by atoms with Gasteiger partial charge in [0.25, 0.3) is 5.91 Å². The quantitative estimate of drug-likeness (QED) is 0.749. The Morgan fingerprint density at radius 3 is 2.86 bits per heavy atom. The number of carbonyl (C=O) groups is 1. The van der Waals surface area contributed by atoms with Crippen molar-refractivity contribution in [1.29, 1.82) is 0 Å². The molecule has 0 spiro atoms. The Morgan fingerprint density at radius 1 is 1.33 bits per heavy atom. The van der Waals surface area contributed by atoms with Gasteiger partial charge in [-0.25, -0.2) is 4.98 Å². The van der Waals surface area contributed by atoms with E-state index in [9.17, 15) is 4.79 Å². The SMILES string of the molecule is CCc1nc(C(=O)Nc2cccc(-n3cnnc3)c2)n[nH]1. The first-order valence-corrected chi connectivity index (χ1v) is 6.44. The number of aromatic amines is 1. The molecular weight excluding hydrogens is 270 g/mol. The molecular formula is C13H13N7O. The predicted octanol–water partition coefficient (Wildman–Crippen LogP) is 1.20. The van der Waals surface area contributed by atoms with Crippen molar-refractivity contribution in [2.45, 2.75) is 13.3 Å². The maximum absolute atomic E-state index is 12.1. The highest BCUT2D eigenvalue weighted by Crippen LogP contribution is 2.14. The van der Waals surface area contributed by atoms with Gasteiger partial charge in [0, 0.05) is 12.1 Å². The number of aromatic nitrogens is 6. The summed E-state index contributed by atoms with van der Waals surface area (Å²) in [6, 6.07) is 7.33. The fourth-order valence-electron chi connectivity index (χ4n) is 1.82. The van der Waals surface area contributed by atoms with Crippen LogP contribution in [0, 0.1) is 0 Å². The van der Waals surface area contributed by atoms with E-state index in [1.807, 2.05) is 25.1 Å². The first-order valence-electron chi connectivity index (χ1n) is 6.44. The Hall–Kier alpha value is -3.03. The van der Waals surface area contributed by atoms with Crippen LogP contribution in [-0.2, 0) is 6.42 Å². The lowest BCUT2D eigenvalue weighted by Gasteiger charge is -2.05. The summed E-state index contributed by atoms with van der Waals surface area (Å²) in [5.41, 5.74) is 1.50. The summed E-state index contributed by atoms with van der Waals surface area (Å²) in [6.45, 7) is 1.94. The molecule has 0 bridgehead atoms. The van der Waals surface area contributed by atoms with Gasteiger partial charge in [-0.15, -0.1) is 15.3 Å². The average Bonchev–Trinajstić information content (AvgIpc) is 3.19. The summed E-state index contributed by atoms with van der Waals surface area (Å²) in [7, 11) is 0. The van der Waals surface area contributed by atoms with Crippen LogP contribution < -0.4 is 5.32 Å². The van der Waals surface area contributed by atoms with Gasteiger partial charge < -0.3 is 5.32 Å². The Kier molecular flexibility index (Phi) is 3.42. The van der Waals surface area contributed by atoms with E-state index in [-0.39, 0.29) is 11.7 Å². The van der Waals surface area contributed by atoms with Crippen molar-refractivity contribution < 1.29 is 4.79 Å². The van der Waals surface area contributed by atoms with E-state index >= 15 is 0 Å². The summed E-state index contributed by atoms with van der Waals surface area (Å²) < 4.78 is 1.75. The molecule has 0 unspecified atom stereocenters. The van der Waals surface area contributed by atoms with Crippen molar-refractivity contribution in [3.05, 3.63) is 48.6 Å². The van der Waals surface area contributed by atoms with Crippen molar-refractivity contribution in [2.75, 3.05) is 5.32 Å². The first-order chi connectivity index (χ1) is 10.3. The normalized spacial score (nSPS) is 10.5. The second-order valence-corrected chi connectivity index (χ2v) is 4.33. The van der Waals surface area contributed by atoms with Crippen LogP contribution >= 0.6 is 0 Å². The monoisotopic (exact) mass is 283 g/mol. The van der Waals surface area contributed by atoms with Gasteiger partial charge in [-0.3, -0.25) is 14.5 Å². The molecule has 8 heteroatoms. The summed E-state index contributed by atoms with van der Waals surface area (Å²) >= 11 is 0. The lowest BCUT2D eigenvalue weighted by Crippen LogP contribution is -2.14. The molecule has 0 fully saturated rings. The molecule has 0 aliphatic rings. The minimum absolute atomic E-state index is 0.126. The highest BCUT2D eigenvalue weighted by atomic mass is 16.2. The Morgan fingerprint density at radius 2 is 2.14 bits per heavy atom. The van der Waals surface area contributed by atoms with Gasteiger partial charge in [-0.1, -0.05) is 13.0 Å². The number of carbonyl (C=O) groups excluding carboxylic acids is 1. The number of benzene rings is 1. The topological polar surface area (TPSA) is 101 Å². The highest BCUT2D eigenvalue weighted by Gasteiger charge is 2.12. The van der Waals surface area contributed by atoms with Crippen molar-refractivity contribution in [3.8, 4) is 5.69 Å². The van der Waals surface area contributed by atoms with Crippen LogP contribution in [0.15, 0.2) is 36.9 Å². The summed E-state index contributed by atoms with van der Waals surface area (Å²) in [5, 5.41) is 16.9. The van der Waals surface area contributed by atoms with Crippen molar-refractivity contribution in [1.82, 2.24) is 29.9 Å². The van der Waals surface area contributed by atoms with E-state index in [0.29, 0.717) is 17.9 Å². The number of hydrogen-bond donors (Lipinski definition) is 2. The molecule has 0 saturated heterocycles. The van der Waals surface area contributed by atoms with Crippen molar-refractivity contribution in [3.63, 3.8) is 0 Å². The summed E-state index contributed by atoms with van der Waals surface area (Å²) in [6.07, 6.45) is 3.87. The number of rotatable bonds is 4. The number of H-pyrrole nitrogens is 1. The number of anilines is 1. The molecule has 0 atom stereocenters. The molecule has 106 valence electrons. The van der Waals surface area contributed by atoms with E-state index < -0.39 is 0 Å². The lowest BCUT2D eigenvalue weighted by atomic mass is 10.2. The molecule has 3 rings (SSSR count). The second-order valence-electron chi connectivity index (χ2n) is 4.33. The van der Waals surface area contributed by atoms with Gasteiger partial charge in [-0.2, -0.15) is 0 Å². The van der Waals surface area contributed by atoms with Crippen LogP contribution in [-0.4, -0.2) is 35.9 Å². The number of hydrogen-bond acceptors (Lipinski definition) is 5. The van der Waals surface area contributed by atoms with Crippen molar-refractivity contribution >= 4 is 11.6 Å². The number of amides is 1. The molecule has 3 aromatic rings. The third-order valence-electron chi connectivity index (χ3n) is 2.89. The van der Waals surface area contributed by atoms with E-state index in [1.165, 1.54) is 0 Å². The first kappa shape index (κ1) is 13.0. The predicted molar refractivity (Wildman–Crippen MR) is 75.1 cm³/mol. The number of nitrogens with one attached hydrogen (secondary N) is 2. The largest absolute Gasteiger partial charge is 0.319 e. The molecule has 1 amide bonds. The number of nitrogens with zero attached hydrogens (tertiary/aromatic N) is 5. The van der Waals surface area contributed by atoms with Gasteiger partial charge >= 0.3 is 0 Å². The van der Waals surface area contributed by atoms with Crippen LogP contribution in [0.2, 0.25) is 0 Å². The fraction of sp³-hybridized carbons (Fsp3) is 0.154. The van der Waals surface area contributed by atoms with Gasteiger partial charge in [0.05, 0.1) is 5.69 Å². The Labute approximate surface area is 120 Å². The van der Waals surface area contributed by atoms with E-state index in [1.54, 1.807) is 23.3 Å². The van der Waals surface area contributed by atoms with Crippen LogP contribution in [0.3, 0.4) is 0 Å². The smallest absolute Gasteiger partial charge is 0.295 e.